The second-order valence-electron chi connectivity index (χ2n) is 19.8. The van der Waals surface area contributed by atoms with Gasteiger partial charge in [0.05, 0.1) is 0 Å². The van der Waals surface area contributed by atoms with Crippen LogP contribution >= 0.6 is 0 Å². The van der Waals surface area contributed by atoms with E-state index in [4.69, 9.17) is 14.2 Å². The molecule has 0 aromatic carbocycles. The van der Waals surface area contributed by atoms with Crippen molar-refractivity contribution in [3.63, 3.8) is 0 Å². The summed E-state index contributed by atoms with van der Waals surface area (Å²) in [5.41, 5.74) is 0. The Hall–Kier alpha value is -4.45. The predicted molar refractivity (Wildman–Crippen MR) is 325 cm³/mol. The number of hydrogen-bond acceptors (Lipinski definition) is 6. The van der Waals surface area contributed by atoms with Gasteiger partial charge < -0.3 is 14.2 Å². The average Bonchev–Trinajstić information content (AvgIpc) is 3.41. The molecule has 0 rings (SSSR count). The van der Waals surface area contributed by atoms with Gasteiger partial charge in [-0.2, -0.15) is 0 Å². The fraction of sp³-hybridized carbons (Fsp3) is 0.638. The quantitative estimate of drug-likeness (QED) is 0.0261. The first kappa shape index (κ1) is 70.5. The van der Waals surface area contributed by atoms with Crippen molar-refractivity contribution in [3.8, 4) is 0 Å². The molecule has 0 fully saturated rings. The summed E-state index contributed by atoms with van der Waals surface area (Å²) in [6.07, 6.45) is 87.3. The minimum Gasteiger partial charge on any atom is -0.462 e. The Labute approximate surface area is 462 Å². The molecule has 0 saturated heterocycles. The van der Waals surface area contributed by atoms with Crippen molar-refractivity contribution in [3.05, 3.63) is 134 Å². The number of esters is 3. The van der Waals surface area contributed by atoms with Crippen molar-refractivity contribution in [2.75, 3.05) is 13.2 Å². The van der Waals surface area contributed by atoms with Crippen molar-refractivity contribution in [2.24, 2.45) is 0 Å². The lowest BCUT2D eigenvalue weighted by molar-refractivity contribution is -0.167. The first-order valence-corrected chi connectivity index (χ1v) is 30.7. The maximum atomic E-state index is 12.9. The average molecular weight is 1040 g/mol. The van der Waals surface area contributed by atoms with E-state index in [1.165, 1.54) is 70.6 Å². The van der Waals surface area contributed by atoms with Crippen molar-refractivity contribution >= 4 is 17.9 Å². The summed E-state index contributed by atoms with van der Waals surface area (Å²) in [6.45, 7) is 6.36. The fourth-order valence-corrected chi connectivity index (χ4v) is 8.08. The normalized spacial score (nSPS) is 13.1. The molecule has 424 valence electrons. The van der Waals surface area contributed by atoms with E-state index in [9.17, 15) is 14.4 Å². The lowest BCUT2D eigenvalue weighted by Gasteiger charge is -2.18. The number of carbonyl (C=O) groups excluding carboxylic acids is 3. The molecule has 0 heterocycles. The van der Waals surface area contributed by atoms with Gasteiger partial charge in [0.15, 0.2) is 6.10 Å². The Morgan fingerprint density at radius 3 is 0.827 bits per heavy atom. The summed E-state index contributed by atoms with van der Waals surface area (Å²) < 4.78 is 16.9. The third-order valence-electron chi connectivity index (χ3n) is 12.6. The molecule has 0 aromatic rings. The van der Waals surface area contributed by atoms with E-state index < -0.39 is 6.10 Å². The lowest BCUT2D eigenvalue weighted by atomic mass is 10.1. The van der Waals surface area contributed by atoms with E-state index in [1.807, 2.05) is 0 Å². The molecule has 0 aliphatic carbocycles. The first-order chi connectivity index (χ1) is 37.0. The smallest absolute Gasteiger partial charge is 0.306 e. The van der Waals surface area contributed by atoms with Crippen LogP contribution in [0.1, 0.15) is 265 Å². The Kier molecular flexibility index (Phi) is 58.4. The minimum absolute atomic E-state index is 0.105. The second-order valence-corrected chi connectivity index (χ2v) is 19.8. The predicted octanol–water partition coefficient (Wildman–Crippen LogP) is 21.0. The van der Waals surface area contributed by atoms with E-state index in [0.717, 1.165) is 148 Å². The largest absolute Gasteiger partial charge is 0.462 e. The zero-order chi connectivity index (χ0) is 54.3. The molecule has 0 N–H and O–H groups in total. The number of carbonyl (C=O) groups is 3. The highest BCUT2D eigenvalue weighted by Gasteiger charge is 2.19. The third-order valence-corrected chi connectivity index (χ3v) is 12.6. The van der Waals surface area contributed by atoms with Crippen molar-refractivity contribution in [1.82, 2.24) is 0 Å². The van der Waals surface area contributed by atoms with Gasteiger partial charge in [-0.05, 0) is 135 Å². The summed E-state index contributed by atoms with van der Waals surface area (Å²) in [6, 6.07) is 0. The Balaban J connectivity index is 4.47. The first-order valence-electron chi connectivity index (χ1n) is 30.7. The summed E-state index contributed by atoms with van der Waals surface area (Å²) in [7, 11) is 0. The molecule has 0 bridgehead atoms. The van der Waals surface area contributed by atoms with Crippen molar-refractivity contribution in [1.29, 1.82) is 0 Å². The molecule has 0 aliphatic heterocycles. The third kappa shape index (κ3) is 60.3. The molecule has 0 amide bonds. The minimum atomic E-state index is -0.813. The van der Waals surface area contributed by atoms with Gasteiger partial charge in [-0.15, -0.1) is 0 Å². The molecule has 1 unspecified atom stereocenters. The van der Waals surface area contributed by atoms with Gasteiger partial charge in [-0.25, -0.2) is 0 Å². The van der Waals surface area contributed by atoms with Crippen LogP contribution in [0.4, 0.5) is 0 Å². The van der Waals surface area contributed by atoms with E-state index in [0.29, 0.717) is 19.3 Å². The van der Waals surface area contributed by atoms with E-state index in [1.54, 1.807) is 0 Å². The molecule has 0 spiro atoms. The lowest BCUT2D eigenvalue weighted by Crippen LogP contribution is -2.30. The molecular formula is C69H112O6. The van der Waals surface area contributed by atoms with Gasteiger partial charge in [-0.1, -0.05) is 244 Å². The summed E-state index contributed by atoms with van der Waals surface area (Å²) in [5.74, 6) is -0.963. The number of allylic oxidation sites excluding steroid dienone is 22. The number of rotatable bonds is 54. The standard InChI is InChI=1S/C69H112O6/c1-4-7-10-13-16-19-22-25-28-30-32-33-34-35-37-38-41-44-47-50-53-56-59-62-68(71)74-65-66(64-73-67(70)61-58-55-52-49-46-43-40-27-24-21-18-15-12-9-6-3)75-69(72)63-60-57-54-51-48-45-42-39-36-31-29-26-23-20-17-14-11-8-5-2/h8-9,11-12,17-18,20-22,25-27,29-30,32,34-36,39-40,45,48,66H,4-7,10,13-16,19,23-24,28,31,33,37-38,41-44,46-47,49-65H2,1-3H3/b11-8-,12-9-,20-17-,21-18-,25-22-,29-26-,32-30-,35-34-,39-36-,40-27-,48-45-. The maximum absolute atomic E-state index is 12.9. The van der Waals surface area contributed by atoms with Crippen molar-refractivity contribution in [2.45, 2.75) is 271 Å². The molecule has 0 aromatic heterocycles. The van der Waals surface area contributed by atoms with Crippen LogP contribution in [0.5, 0.6) is 0 Å². The van der Waals surface area contributed by atoms with Crippen LogP contribution in [0.3, 0.4) is 0 Å². The van der Waals surface area contributed by atoms with Crippen LogP contribution in [0.25, 0.3) is 0 Å². The topological polar surface area (TPSA) is 78.9 Å². The SMILES string of the molecule is CC/C=C\C/C=C\C/C=C\C/C=C\C/C=C\CCCCCC(=O)OC(COC(=O)CCCCCCC/C=C\C/C=C\C/C=C\CC)COC(=O)CCCCCCCCCC/C=C\C/C=C\C/C=C\CCCCCCC. The molecular weight excluding hydrogens is 925 g/mol. The van der Waals surface area contributed by atoms with Crippen LogP contribution in [0.15, 0.2) is 134 Å². The van der Waals surface area contributed by atoms with Gasteiger partial charge in [0.25, 0.3) is 0 Å². The second kappa shape index (κ2) is 62.1. The van der Waals surface area contributed by atoms with Gasteiger partial charge in [0.1, 0.15) is 13.2 Å². The Bertz CT molecular complexity index is 1620. The molecule has 75 heavy (non-hydrogen) atoms. The highest BCUT2D eigenvalue weighted by molar-refractivity contribution is 5.71. The van der Waals surface area contributed by atoms with Crippen LogP contribution in [0.2, 0.25) is 0 Å². The monoisotopic (exact) mass is 1040 g/mol. The zero-order valence-corrected chi connectivity index (χ0v) is 48.5. The summed E-state index contributed by atoms with van der Waals surface area (Å²) >= 11 is 0. The molecule has 6 heteroatoms. The molecule has 6 nitrogen and oxygen atoms in total. The van der Waals surface area contributed by atoms with E-state index >= 15 is 0 Å². The van der Waals surface area contributed by atoms with Crippen LogP contribution < -0.4 is 0 Å². The maximum Gasteiger partial charge on any atom is 0.306 e. The van der Waals surface area contributed by atoms with E-state index in [2.05, 4.69) is 154 Å². The van der Waals surface area contributed by atoms with Crippen LogP contribution in [-0.4, -0.2) is 37.2 Å². The van der Waals surface area contributed by atoms with Gasteiger partial charge >= 0.3 is 17.9 Å². The van der Waals surface area contributed by atoms with Gasteiger partial charge in [-0.3, -0.25) is 14.4 Å². The highest BCUT2D eigenvalue weighted by atomic mass is 16.6. The number of hydrogen-bond donors (Lipinski definition) is 0. The zero-order valence-electron chi connectivity index (χ0n) is 48.5. The molecule has 0 saturated carbocycles. The summed E-state index contributed by atoms with van der Waals surface area (Å²) in [4.78, 5) is 38.3. The molecule has 0 radical (unpaired) electrons. The van der Waals surface area contributed by atoms with E-state index in [-0.39, 0.29) is 37.5 Å². The number of unbranched alkanes of at least 4 members (excludes halogenated alkanes) is 21. The molecule has 1 atom stereocenters. The Morgan fingerprint density at radius 2 is 0.520 bits per heavy atom. The van der Waals surface area contributed by atoms with Gasteiger partial charge in [0.2, 0.25) is 0 Å². The fourth-order valence-electron chi connectivity index (χ4n) is 8.08. The Morgan fingerprint density at radius 1 is 0.280 bits per heavy atom. The molecule has 0 aliphatic rings. The highest BCUT2D eigenvalue weighted by Crippen LogP contribution is 2.14. The van der Waals surface area contributed by atoms with Crippen molar-refractivity contribution < 1.29 is 28.6 Å². The summed E-state index contributed by atoms with van der Waals surface area (Å²) in [5, 5.41) is 0. The number of ether oxygens (including phenoxy) is 3. The van der Waals surface area contributed by atoms with Crippen LogP contribution in [0, 0.1) is 0 Å². The van der Waals surface area contributed by atoms with Gasteiger partial charge in [0, 0.05) is 19.3 Å². The van der Waals surface area contributed by atoms with Crippen LogP contribution in [-0.2, 0) is 28.6 Å².